The van der Waals surface area contributed by atoms with E-state index in [4.69, 9.17) is 4.98 Å². The lowest BCUT2D eigenvalue weighted by Crippen LogP contribution is -2.25. The van der Waals surface area contributed by atoms with E-state index in [0.717, 1.165) is 6.54 Å². The number of hydrogen-bond donors (Lipinski definition) is 1. The molecule has 21 heavy (non-hydrogen) atoms. The van der Waals surface area contributed by atoms with E-state index in [1.54, 1.807) is 0 Å². The molecule has 0 radical (unpaired) electrons. The van der Waals surface area contributed by atoms with E-state index in [9.17, 15) is 0 Å². The van der Waals surface area contributed by atoms with Gasteiger partial charge in [0.25, 0.3) is 0 Å². The van der Waals surface area contributed by atoms with Crippen LogP contribution >= 0.6 is 11.3 Å². The maximum absolute atomic E-state index is 5.06. The van der Waals surface area contributed by atoms with Gasteiger partial charge in [-0.1, -0.05) is 31.2 Å². The summed E-state index contributed by atoms with van der Waals surface area (Å²) in [6.07, 6.45) is 6.15. The Hall–Kier alpha value is -1.19. The molecule has 0 saturated carbocycles. The first-order valence-electron chi connectivity index (χ1n) is 8.17. The van der Waals surface area contributed by atoms with E-state index >= 15 is 0 Å². The highest BCUT2D eigenvalue weighted by Crippen LogP contribution is 2.44. The largest absolute Gasteiger partial charge is 0.309 e. The third kappa shape index (κ3) is 2.33. The smallest absolute Gasteiger partial charge is 0.101 e. The number of hydrogen-bond acceptors (Lipinski definition) is 3. The molecule has 0 amide bonds. The van der Waals surface area contributed by atoms with E-state index in [1.807, 2.05) is 11.3 Å². The van der Waals surface area contributed by atoms with Crippen LogP contribution in [0, 0.1) is 0 Å². The second-order valence-corrected chi connectivity index (χ2v) is 7.33. The molecule has 1 aromatic heterocycles. The Balaban J connectivity index is 1.61. The maximum Gasteiger partial charge on any atom is 0.101 e. The molecule has 2 unspecified atom stereocenters. The first-order chi connectivity index (χ1) is 10.4. The minimum absolute atomic E-state index is 0.494. The van der Waals surface area contributed by atoms with Crippen molar-refractivity contribution in [2.45, 2.75) is 51.0 Å². The number of nitrogens with one attached hydrogen (secondary N) is 1. The van der Waals surface area contributed by atoms with Gasteiger partial charge in [-0.25, -0.2) is 4.98 Å². The number of nitrogens with zero attached hydrogens (tertiary/aromatic N) is 1. The van der Waals surface area contributed by atoms with Crippen LogP contribution < -0.4 is 5.32 Å². The lowest BCUT2D eigenvalue weighted by Gasteiger charge is -2.28. The Labute approximate surface area is 130 Å². The van der Waals surface area contributed by atoms with E-state index in [0.29, 0.717) is 12.0 Å². The number of aromatic nitrogens is 1. The molecule has 2 atom stereocenters. The second kappa shape index (κ2) is 5.54. The minimum Gasteiger partial charge on any atom is -0.309 e. The number of aryl methyl sites for hydroxylation is 1. The first-order valence-corrected chi connectivity index (χ1v) is 8.99. The normalized spacial score (nSPS) is 23.3. The van der Waals surface area contributed by atoms with E-state index in [1.165, 1.54) is 58.8 Å². The molecule has 4 rings (SSSR count). The van der Waals surface area contributed by atoms with Crippen molar-refractivity contribution in [3.8, 4) is 0 Å². The molecule has 0 saturated heterocycles. The predicted molar refractivity (Wildman–Crippen MR) is 88.1 cm³/mol. The molecule has 1 N–H and O–H groups in total. The Morgan fingerprint density at radius 3 is 3.10 bits per heavy atom. The monoisotopic (exact) mass is 298 g/mol. The summed E-state index contributed by atoms with van der Waals surface area (Å²) in [4.78, 5) is 6.60. The molecule has 110 valence electrons. The predicted octanol–water partition coefficient (Wildman–Crippen LogP) is 4.21. The summed E-state index contributed by atoms with van der Waals surface area (Å²) < 4.78 is 0. The topological polar surface area (TPSA) is 24.9 Å². The number of thiazole rings is 1. The van der Waals surface area contributed by atoms with Crippen LogP contribution in [-0.4, -0.2) is 11.5 Å². The highest BCUT2D eigenvalue weighted by atomic mass is 32.1. The van der Waals surface area contributed by atoms with Crippen molar-refractivity contribution < 1.29 is 0 Å². The van der Waals surface area contributed by atoms with Crippen LogP contribution in [0.5, 0.6) is 0 Å². The fourth-order valence-electron chi connectivity index (χ4n) is 3.58. The molecular formula is C18H22N2S. The van der Waals surface area contributed by atoms with E-state index in [2.05, 4.69) is 36.5 Å². The molecule has 1 aromatic carbocycles. The van der Waals surface area contributed by atoms with Gasteiger partial charge in [-0.2, -0.15) is 0 Å². The quantitative estimate of drug-likeness (QED) is 0.914. The Kier molecular flexibility index (Phi) is 3.56. The average molecular weight is 298 g/mol. The van der Waals surface area contributed by atoms with Crippen LogP contribution in [-0.2, 0) is 12.8 Å². The van der Waals surface area contributed by atoms with Gasteiger partial charge in [0.1, 0.15) is 5.01 Å². The maximum atomic E-state index is 5.06. The zero-order valence-electron chi connectivity index (χ0n) is 12.6. The number of benzene rings is 1. The summed E-state index contributed by atoms with van der Waals surface area (Å²) in [7, 11) is 0. The van der Waals surface area contributed by atoms with Gasteiger partial charge < -0.3 is 5.32 Å². The molecule has 0 spiro atoms. The Morgan fingerprint density at radius 1 is 1.33 bits per heavy atom. The molecule has 0 fully saturated rings. The SMILES string of the molecule is CCCNC1CCCc2sc(C3Cc4ccccc43)nc21. The highest BCUT2D eigenvalue weighted by Gasteiger charge is 2.32. The van der Waals surface area contributed by atoms with Crippen molar-refractivity contribution in [1.82, 2.24) is 10.3 Å². The molecular weight excluding hydrogens is 276 g/mol. The van der Waals surface area contributed by atoms with Gasteiger partial charge in [0.2, 0.25) is 0 Å². The molecule has 2 nitrogen and oxygen atoms in total. The van der Waals surface area contributed by atoms with Gasteiger partial charge in [0, 0.05) is 10.8 Å². The molecule has 0 aliphatic heterocycles. The summed E-state index contributed by atoms with van der Waals surface area (Å²) >= 11 is 1.97. The fraction of sp³-hybridized carbons (Fsp3) is 0.500. The molecule has 2 aromatic rings. The van der Waals surface area contributed by atoms with Gasteiger partial charge in [-0.15, -0.1) is 11.3 Å². The zero-order valence-corrected chi connectivity index (χ0v) is 13.4. The van der Waals surface area contributed by atoms with Crippen LogP contribution in [0.15, 0.2) is 24.3 Å². The van der Waals surface area contributed by atoms with Crippen molar-refractivity contribution in [2.24, 2.45) is 0 Å². The van der Waals surface area contributed by atoms with Gasteiger partial charge >= 0.3 is 0 Å². The summed E-state index contributed by atoms with van der Waals surface area (Å²) in [5, 5.41) is 5.03. The van der Waals surface area contributed by atoms with Crippen molar-refractivity contribution in [3.63, 3.8) is 0 Å². The zero-order chi connectivity index (χ0) is 14.2. The first kappa shape index (κ1) is 13.5. The third-order valence-corrected chi connectivity index (χ3v) is 6.01. The van der Waals surface area contributed by atoms with E-state index in [-0.39, 0.29) is 0 Å². The Morgan fingerprint density at radius 2 is 2.24 bits per heavy atom. The van der Waals surface area contributed by atoms with Crippen molar-refractivity contribution in [1.29, 1.82) is 0 Å². The third-order valence-electron chi connectivity index (χ3n) is 4.76. The number of fused-ring (bicyclic) bond motifs is 2. The van der Waals surface area contributed by atoms with Crippen molar-refractivity contribution >= 4 is 11.3 Å². The second-order valence-electron chi connectivity index (χ2n) is 6.21. The van der Waals surface area contributed by atoms with Gasteiger partial charge in [-0.05, 0) is 49.8 Å². The van der Waals surface area contributed by atoms with Gasteiger partial charge in [0.15, 0.2) is 0 Å². The van der Waals surface area contributed by atoms with E-state index < -0.39 is 0 Å². The Bertz CT molecular complexity index is 646. The van der Waals surface area contributed by atoms with Crippen LogP contribution in [0.1, 0.15) is 64.9 Å². The average Bonchev–Trinajstić information content (AvgIpc) is 2.90. The van der Waals surface area contributed by atoms with Crippen LogP contribution in [0.4, 0.5) is 0 Å². The fourth-order valence-corrected chi connectivity index (χ4v) is 4.87. The molecule has 3 heteroatoms. The molecule has 2 aliphatic rings. The van der Waals surface area contributed by atoms with Crippen molar-refractivity contribution in [3.05, 3.63) is 51.0 Å². The molecule has 1 heterocycles. The minimum atomic E-state index is 0.494. The highest BCUT2D eigenvalue weighted by molar-refractivity contribution is 7.11. The standard InChI is InChI=1S/C18H22N2S/c1-2-10-19-15-8-5-9-16-17(15)20-18(21-16)14-11-12-6-3-4-7-13(12)14/h3-4,6-7,14-15,19H,2,5,8-11H2,1H3. The summed E-state index contributed by atoms with van der Waals surface area (Å²) in [5.74, 6) is 0.559. The summed E-state index contributed by atoms with van der Waals surface area (Å²) in [6.45, 7) is 3.33. The van der Waals surface area contributed by atoms with Crippen molar-refractivity contribution in [2.75, 3.05) is 6.54 Å². The summed E-state index contributed by atoms with van der Waals surface area (Å²) in [5.41, 5.74) is 4.37. The summed E-state index contributed by atoms with van der Waals surface area (Å²) in [6, 6.07) is 9.33. The lowest BCUT2D eigenvalue weighted by atomic mass is 9.78. The molecule has 0 bridgehead atoms. The lowest BCUT2D eigenvalue weighted by molar-refractivity contribution is 0.453. The number of rotatable bonds is 4. The van der Waals surface area contributed by atoms with Crippen LogP contribution in [0.25, 0.3) is 0 Å². The van der Waals surface area contributed by atoms with Crippen LogP contribution in [0.2, 0.25) is 0 Å². The van der Waals surface area contributed by atoms with Gasteiger partial charge in [-0.3, -0.25) is 0 Å². The van der Waals surface area contributed by atoms with Gasteiger partial charge in [0.05, 0.1) is 11.7 Å². The molecule has 2 aliphatic carbocycles. The van der Waals surface area contributed by atoms with Crippen LogP contribution in [0.3, 0.4) is 0 Å².